The largest absolute Gasteiger partial charge is 0.402 e. The van der Waals surface area contributed by atoms with E-state index in [-0.39, 0.29) is 24.5 Å². The summed E-state index contributed by atoms with van der Waals surface area (Å²) < 4.78 is 1.53. The molecule has 1 saturated heterocycles. The van der Waals surface area contributed by atoms with E-state index >= 15 is 0 Å². The number of carbonyl (C=O) groups is 1. The van der Waals surface area contributed by atoms with Crippen LogP contribution in [-0.2, 0) is 4.79 Å². The molecule has 1 amide bonds. The maximum Gasteiger partial charge on any atom is 0.402 e. The maximum absolute atomic E-state index is 12.2. The van der Waals surface area contributed by atoms with E-state index in [1.165, 1.54) is 16.3 Å². The van der Waals surface area contributed by atoms with Gasteiger partial charge >= 0.3 is 5.91 Å². The smallest absolute Gasteiger partial charge is 0.355 e. The first-order valence-corrected chi connectivity index (χ1v) is 9.27. The van der Waals surface area contributed by atoms with Gasteiger partial charge in [-0.1, -0.05) is 11.8 Å². The Morgan fingerprint density at radius 1 is 1.44 bits per heavy atom. The van der Waals surface area contributed by atoms with Crippen molar-refractivity contribution in [3.05, 3.63) is 23.9 Å². The van der Waals surface area contributed by atoms with E-state index in [1.54, 1.807) is 23.9 Å². The van der Waals surface area contributed by atoms with Crippen LogP contribution < -0.4 is 10.2 Å². The van der Waals surface area contributed by atoms with Gasteiger partial charge in [-0.3, -0.25) is 0 Å². The Labute approximate surface area is 151 Å². The number of nitrogens with zero attached hydrogens (tertiary/aromatic N) is 5. The quantitative estimate of drug-likeness (QED) is 0.795. The van der Waals surface area contributed by atoms with Crippen LogP contribution in [0.15, 0.2) is 18.3 Å². The molecule has 3 rings (SSSR count). The monoisotopic (exact) mass is 355 g/mol. The number of nitriles is 2. The number of hydrogen-bond acceptors (Lipinski definition) is 7. The molecule has 8 heteroatoms. The Balaban J connectivity index is 1.49. The first-order valence-electron chi connectivity index (χ1n) is 8.22. The van der Waals surface area contributed by atoms with Gasteiger partial charge in [-0.05, 0) is 25.0 Å². The number of hydrogen-bond donors (Lipinski definition) is 1. The van der Waals surface area contributed by atoms with Crippen LogP contribution in [0.25, 0.3) is 0 Å². The third-order valence-electron chi connectivity index (χ3n) is 4.46. The van der Waals surface area contributed by atoms with Crippen molar-refractivity contribution in [1.82, 2.24) is 10.3 Å². The second-order valence-corrected chi connectivity index (χ2v) is 6.89. The van der Waals surface area contributed by atoms with Crippen LogP contribution in [0.3, 0.4) is 0 Å². The van der Waals surface area contributed by atoms with Gasteiger partial charge < -0.3 is 10.2 Å². The zero-order valence-electron chi connectivity index (χ0n) is 13.8. The van der Waals surface area contributed by atoms with E-state index in [0.29, 0.717) is 11.3 Å². The lowest BCUT2D eigenvalue weighted by Crippen LogP contribution is -2.46. The second-order valence-electron chi connectivity index (χ2n) is 6.01. The number of piperidine rings is 1. The van der Waals surface area contributed by atoms with Gasteiger partial charge in [-0.15, -0.1) is 4.58 Å². The lowest BCUT2D eigenvalue weighted by atomic mass is 10.0. The Kier molecular flexibility index (Phi) is 5.64. The number of pyridine rings is 1. The lowest BCUT2D eigenvalue weighted by molar-refractivity contribution is -0.458. The van der Waals surface area contributed by atoms with Crippen molar-refractivity contribution in [3.8, 4) is 12.1 Å². The van der Waals surface area contributed by atoms with Gasteiger partial charge in [-0.2, -0.15) is 10.5 Å². The molecule has 128 valence electrons. The van der Waals surface area contributed by atoms with Gasteiger partial charge in [0.1, 0.15) is 24.5 Å². The van der Waals surface area contributed by atoms with E-state index in [9.17, 15) is 10.1 Å². The standard InChI is InChI=1S/C17H19N6OS/c18-8-13-2-1-5-20-17(13)22-6-3-14(4-7-22)21-10-16(24)23-12-25-11-15(23)9-19/h1-2,5,12,14-15,21H,3-4,6-7,10-11H2/q+1. The fourth-order valence-corrected chi connectivity index (χ4v) is 3.98. The number of thioether (sulfide) groups is 1. The topological polar surface area (TPSA) is 95.8 Å². The molecule has 1 aromatic heterocycles. The zero-order chi connectivity index (χ0) is 17.6. The van der Waals surface area contributed by atoms with Gasteiger partial charge in [0, 0.05) is 25.3 Å². The molecular weight excluding hydrogens is 336 g/mol. The van der Waals surface area contributed by atoms with E-state index < -0.39 is 0 Å². The first kappa shape index (κ1) is 17.4. The predicted octanol–water partition coefficient (Wildman–Crippen LogP) is 0.718. The molecule has 25 heavy (non-hydrogen) atoms. The van der Waals surface area contributed by atoms with Gasteiger partial charge in [-0.25, -0.2) is 9.78 Å². The summed E-state index contributed by atoms with van der Waals surface area (Å²) in [6.45, 7) is 1.83. The maximum atomic E-state index is 12.2. The molecule has 2 aliphatic heterocycles. The van der Waals surface area contributed by atoms with Gasteiger partial charge in [0.25, 0.3) is 6.04 Å². The first-order chi connectivity index (χ1) is 12.2. The number of nitrogens with one attached hydrogen (secondary N) is 1. The van der Waals surface area contributed by atoms with Crippen molar-refractivity contribution in [2.24, 2.45) is 0 Å². The molecule has 0 bridgehead atoms. The summed E-state index contributed by atoms with van der Waals surface area (Å²) in [5.74, 6) is 1.32. The fourth-order valence-electron chi connectivity index (χ4n) is 3.05. The number of anilines is 1. The predicted molar refractivity (Wildman–Crippen MR) is 95.4 cm³/mol. The van der Waals surface area contributed by atoms with Crippen molar-refractivity contribution < 1.29 is 9.37 Å². The third-order valence-corrected chi connectivity index (χ3v) is 5.34. The van der Waals surface area contributed by atoms with Crippen molar-refractivity contribution in [3.63, 3.8) is 0 Å². The third kappa shape index (κ3) is 3.98. The fraction of sp³-hybridized carbons (Fsp3) is 0.471. The van der Waals surface area contributed by atoms with Crippen molar-refractivity contribution in [2.75, 3.05) is 30.3 Å². The highest BCUT2D eigenvalue weighted by Crippen LogP contribution is 2.21. The van der Waals surface area contributed by atoms with Crippen LogP contribution in [0.1, 0.15) is 18.4 Å². The van der Waals surface area contributed by atoms with Crippen LogP contribution in [-0.4, -0.2) is 58.5 Å². The normalized spacial score (nSPS) is 20.6. The molecule has 1 fully saturated rings. The van der Waals surface area contributed by atoms with Crippen molar-refractivity contribution >= 4 is 29.0 Å². The molecule has 1 unspecified atom stereocenters. The highest BCUT2D eigenvalue weighted by atomic mass is 32.2. The number of carbonyl (C=O) groups excluding carboxylic acids is 1. The summed E-state index contributed by atoms with van der Waals surface area (Å²) in [7, 11) is 0. The molecule has 0 aromatic carbocycles. The number of rotatable bonds is 4. The highest BCUT2D eigenvalue weighted by Gasteiger charge is 2.33. The molecule has 0 saturated carbocycles. The SMILES string of the molecule is N#Cc1cccnc1N1CCC(NCC(=O)[N+]2=CSCC2C#N)CC1. The van der Waals surface area contributed by atoms with Crippen LogP contribution in [0.4, 0.5) is 5.82 Å². The van der Waals surface area contributed by atoms with Gasteiger partial charge in [0.2, 0.25) is 5.55 Å². The van der Waals surface area contributed by atoms with Crippen molar-refractivity contribution in [1.29, 1.82) is 10.5 Å². The van der Waals surface area contributed by atoms with Gasteiger partial charge in [0.15, 0.2) is 0 Å². The molecule has 0 aliphatic carbocycles. The zero-order valence-corrected chi connectivity index (χ0v) is 14.6. The number of amides is 1. The van der Waals surface area contributed by atoms with Crippen LogP contribution in [0.5, 0.6) is 0 Å². The van der Waals surface area contributed by atoms with Crippen LogP contribution in [0.2, 0.25) is 0 Å². The summed E-state index contributed by atoms with van der Waals surface area (Å²) in [6.07, 6.45) is 3.47. The Hall–Kier alpha value is -2.42. The Bertz CT molecular complexity index is 757. The summed E-state index contributed by atoms with van der Waals surface area (Å²) in [4.78, 5) is 18.7. The summed E-state index contributed by atoms with van der Waals surface area (Å²) in [5.41, 5.74) is 2.33. The summed E-state index contributed by atoms with van der Waals surface area (Å²) in [5, 5.41) is 21.5. The second kappa shape index (κ2) is 8.11. The minimum Gasteiger partial charge on any atom is -0.355 e. The molecular formula is C17H19N6OS+. The summed E-state index contributed by atoms with van der Waals surface area (Å²) in [6, 6.07) is 7.79. The molecule has 0 radical (unpaired) electrons. The minimum atomic E-state index is -0.352. The van der Waals surface area contributed by atoms with E-state index in [1.807, 2.05) is 0 Å². The van der Waals surface area contributed by atoms with E-state index in [2.05, 4.69) is 27.3 Å². The number of aromatic nitrogens is 1. The van der Waals surface area contributed by atoms with E-state index in [0.717, 1.165) is 31.7 Å². The van der Waals surface area contributed by atoms with Crippen LogP contribution >= 0.6 is 11.8 Å². The lowest BCUT2D eigenvalue weighted by Gasteiger charge is -2.33. The Morgan fingerprint density at radius 2 is 2.24 bits per heavy atom. The average Bonchev–Trinajstić information content (AvgIpc) is 3.15. The van der Waals surface area contributed by atoms with Gasteiger partial charge in [0.05, 0.1) is 11.3 Å². The molecule has 3 heterocycles. The van der Waals surface area contributed by atoms with E-state index in [4.69, 9.17) is 5.26 Å². The average molecular weight is 355 g/mol. The Morgan fingerprint density at radius 3 is 2.96 bits per heavy atom. The highest BCUT2D eigenvalue weighted by molar-refractivity contribution is 8.12. The molecule has 1 atom stereocenters. The molecule has 1 N–H and O–H groups in total. The minimum absolute atomic E-state index is 0.0597. The molecule has 0 spiro atoms. The molecule has 2 aliphatic rings. The molecule has 7 nitrogen and oxygen atoms in total. The summed E-state index contributed by atoms with van der Waals surface area (Å²) >= 11 is 1.50. The van der Waals surface area contributed by atoms with Crippen LogP contribution in [0, 0.1) is 22.7 Å². The van der Waals surface area contributed by atoms with Crippen molar-refractivity contribution in [2.45, 2.75) is 24.9 Å². The molecule has 1 aromatic rings.